The molecule has 0 aliphatic heterocycles. The highest BCUT2D eigenvalue weighted by atomic mass is 19.1. The molecule has 0 fully saturated rings. The molecule has 1 unspecified atom stereocenters. The van der Waals surface area contributed by atoms with Crippen LogP contribution in [0.15, 0.2) is 36.9 Å². The van der Waals surface area contributed by atoms with E-state index in [9.17, 15) is 4.39 Å². The molecule has 2 heteroatoms. The summed E-state index contributed by atoms with van der Waals surface area (Å²) in [6.45, 7) is 6.04. The molecule has 1 rings (SSSR count). The van der Waals surface area contributed by atoms with Gasteiger partial charge in [0.2, 0.25) is 0 Å². The van der Waals surface area contributed by atoms with Gasteiger partial charge in [-0.2, -0.15) is 0 Å². The lowest BCUT2D eigenvalue weighted by Gasteiger charge is -2.27. The van der Waals surface area contributed by atoms with E-state index in [1.54, 1.807) is 18.2 Å². The first-order valence-corrected chi connectivity index (χ1v) is 4.70. The number of nitrogens with two attached hydrogens (primary N) is 1. The molecule has 1 atom stereocenters. The maximum Gasteiger partial charge on any atom is 0.127 e. The van der Waals surface area contributed by atoms with Gasteiger partial charge in [-0.1, -0.05) is 31.2 Å². The summed E-state index contributed by atoms with van der Waals surface area (Å²) in [5, 5.41) is 0. The number of hydrogen-bond acceptors (Lipinski definition) is 1. The molecule has 14 heavy (non-hydrogen) atoms. The second-order valence-corrected chi connectivity index (χ2v) is 3.74. The quantitative estimate of drug-likeness (QED) is 0.731. The van der Waals surface area contributed by atoms with Gasteiger partial charge in [-0.25, -0.2) is 4.39 Å². The van der Waals surface area contributed by atoms with Crippen LogP contribution in [0.4, 0.5) is 4.39 Å². The van der Waals surface area contributed by atoms with Crippen molar-refractivity contribution in [3.05, 3.63) is 48.3 Å². The summed E-state index contributed by atoms with van der Waals surface area (Å²) in [5.41, 5.74) is 6.01. The minimum Gasteiger partial charge on any atom is -0.330 e. The van der Waals surface area contributed by atoms with Crippen LogP contribution in [-0.2, 0) is 5.41 Å². The van der Waals surface area contributed by atoms with Gasteiger partial charge < -0.3 is 5.73 Å². The van der Waals surface area contributed by atoms with Gasteiger partial charge in [0.25, 0.3) is 0 Å². The second kappa shape index (κ2) is 4.38. The smallest absolute Gasteiger partial charge is 0.127 e. The molecule has 0 saturated carbocycles. The van der Waals surface area contributed by atoms with Crippen molar-refractivity contribution in [3.63, 3.8) is 0 Å². The first-order valence-electron chi connectivity index (χ1n) is 4.70. The molecule has 0 spiro atoms. The molecule has 0 saturated heterocycles. The Hall–Kier alpha value is -1.15. The van der Waals surface area contributed by atoms with Crippen molar-refractivity contribution in [2.75, 3.05) is 6.54 Å². The van der Waals surface area contributed by atoms with Gasteiger partial charge >= 0.3 is 0 Å². The average Bonchev–Trinajstić information content (AvgIpc) is 2.18. The standard InChI is InChI=1S/C12H16FN/c1-3-8-12(2,9-14)10-6-4-5-7-11(10)13/h3-7H,1,8-9,14H2,2H3. The van der Waals surface area contributed by atoms with E-state index in [0.717, 1.165) is 0 Å². The summed E-state index contributed by atoms with van der Waals surface area (Å²) in [4.78, 5) is 0. The van der Waals surface area contributed by atoms with Crippen LogP contribution in [0.3, 0.4) is 0 Å². The first kappa shape index (κ1) is 10.9. The second-order valence-electron chi connectivity index (χ2n) is 3.74. The zero-order chi connectivity index (χ0) is 10.6. The Morgan fingerprint density at radius 2 is 2.14 bits per heavy atom. The normalized spacial score (nSPS) is 14.8. The van der Waals surface area contributed by atoms with E-state index in [2.05, 4.69) is 6.58 Å². The van der Waals surface area contributed by atoms with Crippen LogP contribution in [-0.4, -0.2) is 6.54 Å². The van der Waals surface area contributed by atoms with Crippen molar-refractivity contribution in [2.24, 2.45) is 5.73 Å². The van der Waals surface area contributed by atoms with Crippen LogP contribution in [0.2, 0.25) is 0 Å². The van der Waals surface area contributed by atoms with Gasteiger partial charge in [-0.15, -0.1) is 6.58 Å². The van der Waals surface area contributed by atoms with E-state index in [1.165, 1.54) is 6.07 Å². The summed E-state index contributed by atoms with van der Waals surface area (Å²) in [5.74, 6) is -0.192. The van der Waals surface area contributed by atoms with E-state index in [1.807, 2.05) is 13.0 Å². The Morgan fingerprint density at radius 3 is 2.64 bits per heavy atom. The van der Waals surface area contributed by atoms with Gasteiger partial charge in [0, 0.05) is 12.0 Å². The maximum absolute atomic E-state index is 13.5. The van der Waals surface area contributed by atoms with Crippen molar-refractivity contribution in [2.45, 2.75) is 18.8 Å². The molecule has 0 aromatic heterocycles. The Labute approximate surface area is 84.4 Å². The van der Waals surface area contributed by atoms with Crippen molar-refractivity contribution in [3.8, 4) is 0 Å². The van der Waals surface area contributed by atoms with Crippen molar-refractivity contribution >= 4 is 0 Å². The zero-order valence-electron chi connectivity index (χ0n) is 8.46. The predicted molar refractivity (Wildman–Crippen MR) is 57.6 cm³/mol. The largest absolute Gasteiger partial charge is 0.330 e. The number of benzene rings is 1. The summed E-state index contributed by atoms with van der Waals surface area (Å²) in [7, 11) is 0. The molecule has 0 bridgehead atoms. The Balaban J connectivity index is 3.11. The Morgan fingerprint density at radius 1 is 1.50 bits per heavy atom. The molecule has 1 aromatic carbocycles. The lowest BCUT2D eigenvalue weighted by atomic mass is 9.79. The Bertz CT molecular complexity index is 322. The molecule has 0 radical (unpaired) electrons. The number of halogens is 1. The molecular weight excluding hydrogens is 177 g/mol. The number of rotatable bonds is 4. The maximum atomic E-state index is 13.5. The van der Waals surface area contributed by atoms with Gasteiger partial charge in [-0.05, 0) is 18.1 Å². The lowest BCUT2D eigenvalue weighted by molar-refractivity contribution is 0.458. The molecule has 0 amide bonds. The van der Waals surface area contributed by atoms with Crippen LogP contribution < -0.4 is 5.73 Å². The Kier molecular flexibility index (Phi) is 3.42. The number of hydrogen-bond donors (Lipinski definition) is 1. The third-order valence-electron chi connectivity index (χ3n) is 2.57. The predicted octanol–water partition coefficient (Wildman–Crippen LogP) is 2.62. The first-order chi connectivity index (χ1) is 6.64. The summed E-state index contributed by atoms with van der Waals surface area (Å²) >= 11 is 0. The van der Waals surface area contributed by atoms with E-state index in [0.29, 0.717) is 18.5 Å². The summed E-state index contributed by atoms with van der Waals surface area (Å²) in [6, 6.07) is 6.76. The van der Waals surface area contributed by atoms with Gasteiger partial charge in [-0.3, -0.25) is 0 Å². The van der Waals surface area contributed by atoms with Gasteiger partial charge in [0.1, 0.15) is 5.82 Å². The minimum atomic E-state index is -0.340. The van der Waals surface area contributed by atoms with Crippen LogP contribution in [0.25, 0.3) is 0 Å². The van der Waals surface area contributed by atoms with Crippen LogP contribution >= 0.6 is 0 Å². The summed E-state index contributed by atoms with van der Waals surface area (Å²) in [6.07, 6.45) is 2.46. The van der Waals surface area contributed by atoms with Crippen molar-refractivity contribution in [1.29, 1.82) is 0 Å². The molecule has 0 aliphatic rings. The SMILES string of the molecule is C=CCC(C)(CN)c1ccccc1F. The monoisotopic (exact) mass is 193 g/mol. The molecular formula is C12H16FN. The van der Waals surface area contributed by atoms with Crippen LogP contribution in [0, 0.1) is 5.82 Å². The molecule has 0 heterocycles. The fourth-order valence-corrected chi connectivity index (χ4v) is 1.57. The molecule has 1 aromatic rings. The highest BCUT2D eigenvalue weighted by Gasteiger charge is 2.26. The minimum absolute atomic E-state index is 0.192. The highest BCUT2D eigenvalue weighted by molar-refractivity contribution is 5.27. The number of allylic oxidation sites excluding steroid dienone is 1. The van der Waals surface area contributed by atoms with Crippen molar-refractivity contribution < 1.29 is 4.39 Å². The van der Waals surface area contributed by atoms with Gasteiger partial charge in [0.15, 0.2) is 0 Å². The third kappa shape index (κ3) is 2.02. The third-order valence-corrected chi connectivity index (χ3v) is 2.57. The van der Waals surface area contributed by atoms with Crippen LogP contribution in [0.1, 0.15) is 18.9 Å². The molecule has 0 aliphatic carbocycles. The molecule has 2 N–H and O–H groups in total. The van der Waals surface area contributed by atoms with E-state index in [-0.39, 0.29) is 11.2 Å². The molecule has 76 valence electrons. The molecule has 1 nitrogen and oxygen atoms in total. The van der Waals surface area contributed by atoms with Crippen molar-refractivity contribution in [1.82, 2.24) is 0 Å². The van der Waals surface area contributed by atoms with Gasteiger partial charge in [0.05, 0.1) is 0 Å². The van der Waals surface area contributed by atoms with E-state index in [4.69, 9.17) is 5.73 Å². The fourth-order valence-electron chi connectivity index (χ4n) is 1.57. The average molecular weight is 193 g/mol. The lowest BCUT2D eigenvalue weighted by Crippen LogP contribution is -2.32. The topological polar surface area (TPSA) is 26.0 Å². The van der Waals surface area contributed by atoms with E-state index < -0.39 is 0 Å². The highest BCUT2D eigenvalue weighted by Crippen LogP contribution is 2.28. The summed E-state index contributed by atoms with van der Waals surface area (Å²) < 4.78 is 13.5. The fraction of sp³-hybridized carbons (Fsp3) is 0.333. The van der Waals surface area contributed by atoms with Crippen LogP contribution in [0.5, 0.6) is 0 Å². The zero-order valence-corrected chi connectivity index (χ0v) is 8.46. The van der Waals surface area contributed by atoms with E-state index >= 15 is 0 Å².